The maximum absolute atomic E-state index is 13.1. The Hall–Kier alpha value is -3.52. The van der Waals surface area contributed by atoms with Crippen molar-refractivity contribution in [1.29, 1.82) is 0 Å². The third-order valence-electron chi connectivity index (χ3n) is 5.72. The van der Waals surface area contributed by atoms with E-state index in [1.54, 1.807) is 43.5 Å². The standard InChI is InChI=1S/C25H30N2O6/c1-15-13-17(8-9-18(15)31-4)23(28)21-22(16-7-10-19(32-5)20(14-16)33-6)27(12-11-26(2)3)25(30)24(21)29/h7-10,13-14,22,28H,11-12H2,1-6H3/b23-21+. The zero-order valence-electron chi connectivity index (χ0n) is 19.8. The monoisotopic (exact) mass is 454 g/mol. The molecule has 3 rings (SSSR count). The number of Topliss-reactive ketones (excluding diaryl/α,β-unsaturated/α-hetero) is 1. The van der Waals surface area contributed by atoms with Crippen LogP contribution in [0.5, 0.6) is 17.2 Å². The number of methoxy groups -OCH3 is 3. The number of likely N-dealkylation sites (tertiary alicyclic amines) is 1. The number of ketones is 1. The fourth-order valence-electron chi connectivity index (χ4n) is 3.97. The Bertz CT molecular complexity index is 1090. The summed E-state index contributed by atoms with van der Waals surface area (Å²) in [6.45, 7) is 2.71. The van der Waals surface area contributed by atoms with Gasteiger partial charge in [-0.3, -0.25) is 9.59 Å². The van der Waals surface area contributed by atoms with E-state index in [0.29, 0.717) is 41.5 Å². The number of aliphatic hydroxyl groups is 1. The number of ether oxygens (including phenoxy) is 3. The van der Waals surface area contributed by atoms with Gasteiger partial charge in [-0.1, -0.05) is 6.07 Å². The molecule has 176 valence electrons. The average Bonchev–Trinajstić information content (AvgIpc) is 3.06. The molecule has 0 radical (unpaired) electrons. The van der Waals surface area contributed by atoms with Gasteiger partial charge in [0.1, 0.15) is 11.5 Å². The van der Waals surface area contributed by atoms with Gasteiger partial charge in [0.25, 0.3) is 11.7 Å². The molecule has 1 aliphatic rings. The summed E-state index contributed by atoms with van der Waals surface area (Å²) in [7, 11) is 8.40. The molecular weight excluding hydrogens is 424 g/mol. The molecule has 33 heavy (non-hydrogen) atoms. The highest BCUT2D eigenvalue weighted by atomic mass is 16.5. The molecule has 8 heteroatoms. The lowest BCUT2D eigenvalue weighted by Gasteiger charge is -2.27. The molecule has 0 aliphatic carbocycles. The third kappa shape index (κ3) is 4.66. The Balaban J connectivity index is 2.19. The molecule has 1 N–H and O–H groups in total. The smallest absolute Gasteiger partial charge is 0.295 e. The summed E-state index contributed by atoms with van der Waals surface area (Å²) in [5.41, 5.74) is 1.91. The SMILES string of the molecule is COc1ccc(/C(O)=C2\C(=O)C(=O)N(CCN(C)C)C2c2ccc(OC)c(OC)c2)cc1C. The highest BCUT2D eigenvalue weighted by Crippen LogP contribution is 2.42. The summed E-state index contributed by atoms with van der Waals surface area (Å²) in [4.78, 5) is 29.6. The summed E-state index contributed by atoms with van der Waals surface area (Å²) in [5, 5.41) is 11.2. The summed E-state index contributed by atoms with van der Waals surface area (Å²) >= 11 is 0. The van der Waals surface area contributed by atoms with E-state index in [1.807, 2.05) is 25.9 Å². The van der Waals surface area contributed by atoms with Gasteiger partial charge in [0.2, 0.25) is 0 Å². The number of hydrogen-bond donors (Lipinski definition) is 1. The van der Waals surface area contributed by atoms with Gasteiger partial charge in [0, 0.05) is 18.7 Å². The van der Waals surface area contributed by atoms with E-state index in [4.69, 9.17) is 14.2 Å². The van der Waals surface area contributed by atoms with Crippen LogP contribution in [0.4, 0.5) is 0 Å². The van der Waals surface area contributed by atoms with Crippen LogP contribution < -0.4 is 14.2 Å². The lowest BCUT2D eigenvalue weighted by Crippen LogP contribution is -2.35. The fraction of sp³-hybridized carbons (Fsp3) is 0.360. The number of carbonyl (C=O) groups is 2. The van der Waals surface area contributed by atoms with Gasteiger partial charge in [0.15, 0.2) is 11.5 Å². The molecule has 8 nitrogen and oxygen atoms in total. The number of rotatable bonds is 8. The minimum atomic E-state index is -0.771. The van der Waals surface area contributed by atoms with Crippen molar-refractivity contribution in [3.63, 3.8) is 0 Å². The van der Waals surface area contributed by atoms with E-state index in [-0.39, 0.29) is 11.3 Å². The molecule has 0 aromatic heterocycles. The molecule has 1 atom stereocenters. The van der Waals surface area contributed by atoms with Gasteiger partial charge in [-0.25, -0.2) is 0 Å². The number of amides is 1. The molecule has 1 saturated heterocycles. The number of carbonyl (C=O) groups excluding carboxylic acids is 2. The molecule has 0 spiro atoms. The van der Waals surface area contributed by atoms with E-state index in [9.17, 15) is 14.7 Å². The van der Waals surface area contributed by atoms with Crippen LogP contribution in [0, 0.1) is 6.92 Å². The molecule has 1 aliphatic heterocycles. The highest BCUT2D eigenvalue weighted by Gasteiger charge is 2.46. The summed E-state index contributed by atoms with van der Waals surface area (Å²) in [5.74, 6) is 0.0503. The Kier molecular flexibility index (Phi) is 7.28. The van der Waals surface area contributed by atoms with Gasteiger partial charge < -0.3 is 29.1 Å². The lowest BCUT2D eigenvalue weighted by atomic mass is 9.94. The van der Waals surface area contributed by atoms with Crippen LogP contribution in [0.3, 0.4) is 0 Å². The van der Waals surface area contributed by atoms with Crippen molar-refractivity contribution in [3.05, 3.63) is 58.7 Å². The zero-order valence-corrected chi connectivity index (χ0v) is 19.8. The molecule has 0 bridgehead atoms. The predicted octanol–water partition coefficient (Wildman–Crippen LogP) is 3.00. The third-order valence-corrected chi connectivity index (χ3v) is 5.72. The first-order chi connectivity index (χ1) is 15.7. The van der Waals surface area contributed by atoms with Crippen LogP contribution in [0.15, 0.2) is 42.0 Å². The minimum Gasteiger partial charge on any atom is -0.507 e. The van der Waals surface area contributed by atoms with E-state index in [2.05, 4.69) is 0 Å². The second-order valence-corrected chi connectivity index (χ2v) is 8.09. The minimum absolute atomic E-state index is 0.0375. The Labute approximate surface area is 194 Å². The fourth-order valence-corrected chi connectivity index (χ4v) is 3.97. The first-order valence-corrected chi connectivity index (χ1v) is 10.5. The summed E-state index contributed by atoms with van der Waals surface area (Å²) in [6.07, 6.45) is 0. The number of aryl methyl sites for hydroxylation is 1. The molecule has 1 amide bonds. The Morgan fingerprint density at radius 1 is 0.970 bits per heavy atom. The van der Waals surface area contributed by atoms with Crippen LogP contribution in [0.1, 0.15) is 22.7 Å². The number of hydrogen-bond acceptors (Lipinski definition) is 7. The topological polar surface area (TPSA) is 88.5 Å². The number of benzene rings is 2. The van der Waals surface area contributed by atoms with Crippen LogP contribution in [0.25, 0.3) is 5.76 Å². The highest BCUT2D eigenvalue weighted by molar-refractivity contribution is 6.46. The van der Waals surface area contributed by atoms with Gasteiger partial charge in [-0.2, -0.15) is 0 Å². The van der Waals surface area contributed by atoms with E-state index >= 15 is 0 Å². The van der Waals surface area contributed by atoms with Crippen molar-refractivity contribution >= 4 is 17.4 Å². The largest absolute Gasteiger partial charge is 0.507 e. The number of nitrogens with zero attached hydrogens (tertiary/aromatic N) is 2. The first-order valence-electron chi connectivity index (χ1n) is 10.5. The second kappa shape index (κ2) is 9.95. The second-order valence-electron chi connectivity index (χ2n) is 8.09. The first kappa shape index (κ1) is 24.1. The molecule has 1 unspecified atom stereocenters. The maximum atomic E-state index is 13.1. The van der Waals surface area contributed by atoms with Crippen LogP contribution in [0.2, 0.25) is 0 Å². The quantitative estimate of drug-likeness (QED) is 0.373. The number of likely N-dealkylation sites (N-methyl/N-ethyl adjacent to an activating group) is 1. The predicted molar refractivity (Wildman–Crippen MR) is 125 cm³/mol. The Morgan fingerprint density at radius 3 is 2.18 bits per heavy atom. The zero-order chi connectivity index (χ0) is 24.3. The van der Waals surface area contributed by atoms with Crippen LogP contribution >= 0.6 is 0 Å². The average molecular weight is 455 g/mol. The van der Waals surface area contributed by atoms with Crippen LogP contribution in [-0.4, -0.2) is 75.1 Å². The Morgan fingerprint density at radius 2 is 1.61 bits per heavy atom. The van der Waals surface area contributed by atoms with Crippen LogP contribution in [-0.2, 0) is 9.59 Å². The molecular formula is C25H30N2O6. The molecule has 1 fully saturated rings. The summed E-state index contributed by atoms with van der Waals surface area (Å²) < 4.78 is 16.1. The van der Waals surface area contributed by atoms with Gasteiger partial charge in [-0.05, 0) is 62.5 Å². The van der Waals surface area contributed by atoms with Crippen molar-refractivity contribution in [3.8, 4) is 17.2 Å². The molecule has 2 aromatic rings. The maximum Gasteiger partial charge on any atom is 0.295 e. The normalized spacial score (nSPS) is 17.5. The molecule has 2 aromatic carbocycles. The lowest BCUT2D eigenvalue weighted by molar-refractivity contribution is -0.140. The van der Waals surface area contributed by atoms with E-state index in [0.717, 1.165) is 5.56 Å². The van der Waals surface area contributed by atoms with Crippen molar-refractivity contribution in [2.45, 2.75) is 13.0 Å². The number of aliphatic hydroxyl groups excluding tert-OH is 1. The van der Waals surface area contributed by atoms with Crippen molar-refractivity contribution < 1.29 is 28.9 Å². The summed E-state index contributed by atoms with van der Waals surface area (Å²) in [6, 6.07) is 9.56. The van der Waals surface area contributed by atoms with Crippen molar-refractivity contribution in [2.75, 3.05) is 48.5 Å². The molecule has 1 heterocycles. The van der Waals surface area contributed by atoms with Gasteiger partial charge in [-0.15, -0.1) is 0 Å². The van der Waals surface area contributed by atoms with Crippen molar-refractivity contribution in [1.82, 2.24) is 9.80 Å². The molecule has 0 saturated carbocycles. The van der Waals surface area contributed by atoms with Crippen molar-refractivity contribution in [2.24, 2.45) is 0 Å². The van der Waals surface area contributed by atoms with Gasteiger partial charge >= 0.3 is 0 Å². The van der Waals surface area contributed by atoms with Gasteiger partial charge in [0.05, 0.1) is 32.9 Å². The van der Waals surface area contributed by atoms with E-state index in [1.165, 1.54) is 19.1 Å². The van der Waals surface area contributed by atoms with E-state index < -0.39 is 17.7 Å².